The smallest absolute Gasteiger partial charge is 0.397 e. The Labute approximate surface area is 337 Å². The molecule has 4 atom stereocenters. The Morgan fingerprint density at radius 3 is 1.53 bits per heavy atom. The maximum Gasteiger partial charge on any atom is 0.412 e. The highest BCUT2D eigenvalue weighted by atomic mass is 16.6. The molecule has 2 aromatic carbocycles. The summed E-state index contributed by atoms with van der Waals surface area (Å²) < 4.78 is 9.37. The van der Waals surface area contributed by atoms with Crippen LogP contribution in [0.3, 0.4) is 0 Å². The van der Waals surface area contributed by atoms with Gasteiger partial charge in [-0.15, -0.1) is 0 Å². The van der Waals surface area contributed by atoms with E-state index in [4.69, 9.17) is 27.9 Å². The summed E-state index contributed by atoms with van der Waals surface area (Å²) in [5, 5.41) is 5.82. The normalized spacial score (nSPS) is 18.1. The number of amides is 4. The number of nitrogens with two attached hydrogens (primary N) is 4. The van der Waals surface area contributed by atoms with Crippen LogP contribution in [-0.2, 0) is 28.7 Å². The van der Waals surface area contributed by atoms with E-state index in [1.54, 1.807) is 40.3 Å². The minimum absolute atomic E-state index is 0.244. The molecule has 17 heteroatoms. The molecule has 2 saturated heterocycles. The highest BCUT2D eigenvalue weighted by Crippen LogP contribution is 2.36. The Morgan fingerprint density at radius 2 is 1.12 bits per heavy atom. The number of nitrogens with one attached hydrogen (secondary N) is 2. The average Bonchev–Trinajstić information content (AvgIpc) is 3.81. The first kappa shape index (κ1) is 43.1. The number of primary amides is 2. The molecular weight excluding hydrogens is 747 g/mol. The zero-order valence-corrected chi connectivity index (χ0v) is 33.7. The number of nitrogen functional groups attached to an aromatic ring is 2. The fraction of sp³-hybridized carbons (Fsp3) is 0.439. The van der Waals surface area contributed by atoms with Crippen LogP contribution in [0.2, 0.25) is 0 Å². The lowest BCUT2D eigenvalue weighted by atomic mass is 9.95. The molecule has 1 aromatic heterocycles. The number of benzene rings is 2. The number of carbonyl (C=O) groups excluding carboxylic acids is 6. The van der Waals surface area contributed by atoms with Gasteiger partial charge in [0.05, 0.1) is 40.5 Å². The molecule has 2 fully saturated rings. The third-order valence-electron chi connectivity index (χ3n) is 10.9. The SMILES string of the molecule is Cc1c(-c2ccc(NC(=O)C3CCCN3[C@H](C(=O)OC(N)=O)C(C)C)c(N)c2)cnc(-c2ccc(NC(=O)C3CCCN3[C@H](C(=O)OC(N)=O)C(C)C)c(N)c2)c1C. The molecule has 2 unspecified atom stereocenters. The molecule has 17 nitrogen and oxygen atoms in total. The van der Waals surface area contributed by atoms with Crippen molar-refractivity contribution in [3.8, 4) is 22.4 Å². The first-order valence-corrected chi connectivity index (χ1v) is 19.3. The van der Waals surface area contributed by atoms with E-state index in [9.17, 15) is 28.8 Å². The van der Waals surface area contributed by atoms with Crippen LogP contribution in [-0.4, -0.2) is 88.0 Å². The molecule has 5 rings (SSSR count). The van der Waals surface area contributed by atoms with E-state index in [1.807, 2.05) is 53.7 Å². The molecule has 3 aromatic rings. The van der Waals surface area contributed by atoms with Gasteiger partial charge >= 0.3 is 24.1 Å². The third-order valence-corrected chi connectivity index (χ3v) is 10.9. The van der Waals surface area contributed by atoms with Gasteiger partial charge in [0, 0.05) is 17.3 Å². The lowest BCUT2D eigenvalue weighted by Crippen LogP contribution is -2.52. The average molecular weight is 800 g/mol. The molecule has 3 heterocycles. The van der Waals surface area contributed by atoms with Crippen LogP contribution in [0.4, 0.5) is 32.3 Å². The largest absolute Gasteiger partial charge is 0.412 e. The zero-order valence-electron chi connectivity index (χ0n) is 33.7. The van der Waals surface area contributed by atoms with Crippen LogP contribution in [0, 0.1) is 25.7 Å². The molecule has 310 valence electrons. The summed E-state index contributed by atoms with van der Waals surface area (Å²) in [5.74, 6) is -2.74. The van der Waals surface area contributed by atoms with Crippen molar-refractivity contribution >= 4 is 58.7 Å². The highest BCUT2D eigenvalue weighted by molar-refractivity contribution is 6.00. The van der Waals surface area contributed by atoms with E-state index in [0.717, 1.165) is 27.8 Å². The van der Waals surface area contributed by atoms with Crippen molar-refractivity contribution in [1.82, 2.24) is 14.8 Å². The fourth-order valence-electron chi connectivity index (χ4n) is 8.09. The maximum absolute atomic E-state index is 13.5. The van der Waals surface area contributed by atoms with Crippen molar-refractivity contribution in [1.29, 1.82) is 0 Å². The van der Waals surface area contributed by atoms with E-state index in [1.165, 1.54) is 0 Å². The van der Waals surface area contributed by atoms with Gasteiger partial charge in [0.1, 0.15) is 12.1 Å². The van der Waals surface area contributed by atoms with Crippen molar-refractivity contribution in [2.45, 2.75) is 91.4 Å². The molecule has 10 N–H and O–H groups in total. The Bertz CT molecular complexity index is 1960. The van der Waals surface area contributed by atoms with E-state index < -0.39 is 48.3 Å². The lowest BCUT2D eigenvalue weighted by molar-refractivity contribution is -0.147. The monoisotopic (exact) mass is 799 g/mol. The zero-order chi connectivity index (χ0) is 42.6. The molecule has 0 spiro atoms. The van der Waals surface area contributed by atoms with Crippen LogP contribution in [0.15, 0.2) is 42.6 Å². The molecule has 0 bridgehead atoms. The van der Waals surface area contributed by atoms with Gasteiger partial charge in [0.25, 0.3) is 0 Å². The summed E-state index contributed by atoms with van der Waals surface area (Å²) in [6.07, 6.45) is 1.72. The number of esters is 2. The van der Waals surface area contributed by atoms with Crippen molar-refractivity contribution in [3.63, 3.8) is 0 Å². The molecule has 0 radical (unpaired) electrons. The Kier molecular flexibility index (Phi) is 13.4. The summed E-state index contributed by atoms with van der Waals surface area (Å²) in [6.45, 7) is 12.1. The fourth-order valence-corrected chi connectivity index (χ4v) is 8.09. The van der Waals surface area contributed by atoms with Gasteiger partial charge in [-0.05, 0) is 105 Å². The number of pyridine rings is 1. The van der Waals surface area contributed by atoms with Crippen molar-refractivity contribution in [3.05, 3.63) is 53.7 Å². The van der Waals surface area contributed by atoms with Crippen LogP contribution >= 0.6 is 0 Å². The highest BCUT2D eigenvalue weighted by Gasteiger charge is 2.43. The number of carbonyl (C=O) groups is 6. The summed E-state index contributed by atoms with van der Waals surface area (Å²) >= 11 is 0. The predicted octanol–water partition coefficient (Wildman–Crippen LogP) is 4.30. The van der Waals surface area contributed by atoms with Crippen LogP contribution in [0.25, 0.3) is 22.4 Å². The number of anilines is 4. The van der Waals surface area contributed by atoms with E-state index >= 15 is 0 Å². The van der Waals surface area contributed by atoms with Gasteiger partial charge in [0.15, 0.2) is 0 Å². The van der Waals surface area contributed by atoms with E-state index in [0.29, 0.717) is 67.2 Å². The first-order valence-electron chi connectivity index (χ1n) is 19.3. The standard InChI is InChI=1S/C41H53N9O8/c1-20(2)34(38(53)57-40(44)55)49-15-7-9-31(49)36(51)47-29-13-11-24(17-27(29)42)26-19-46-33(23(6)22(26)5)25-12-14-30(28(43)18-25)48-37(52)32-10-8-16-50(32)35(21(3)4)39(54)58-41(45)56/h11-14,17-21,31-32,34-35H,7-10,15-16,42-43H2,1-6H3,(H2,44,55)(H2,45,56)(H,47,51)(H,48,52)/t31?,32?,34-,35-/m0/s1. The predicted molar refractivity (Wildman–Crippen MR) is 219 cm³/mol. The van der Waals surface area contributed by atoms with E-state index in [-0.39, 0.29) is 23.7 Å². The van der Waals surface area contributed by atoms with Gasteiger partial charge in [0.2, 0.25) is 11.8 Å². The number of likely N-dealkylation sites (tertiary alicyclic amines) is 2. The van der Waals surface area contributed by atoms with Gasteiger partial charge in [-0.2, -0.15) is 0 Å². The Balaban J connectivity index is 1.29. The topological polar surface area (TPSA) is 268 Å². The van der Waals surface area contributed by atoms with Crippen molar-refractivity contribution < 1.29 is 38.2 Å². The molecule has 0 saturated carbocycles. The number of hydrogen-bond acceptors (Lipinski definition) is 13. The first-order chi connectivity index (χ1) is 27.4. The minimum atomic E-state index is -1.19. The van der Waals surface area contributed by atoms with E-state index in [2.05, 4.69) is 20.1 Å². The second-order valence-corrected chi connectivity index (χ2v) is 15.5. The van der Waals surface area contributed by atoms with Crippen LogP contribution in [0.5, 0.6) is 0 Å². The van der Waals surface area contributed by atoms with Crippen molar-refractivity contribution in [2.75, 3.05) is 35.2 Å². The second-order valence-electron chi connectivity index (χ2n) is 15.5. The summed E-state index contributed by atoms with van der Waals surface area (Å²) in [5.41, 5.74) is 29.5. The lowest BCUT2D eigenvalue weighted by Gasteiger charge is -2.32. The number of hydrogen-bond donors (Lipinski definition) is 6. The Hall–Kier alpha value is -6.07. The number of ether oxygens (including phenoxy) is 2. The molecule has 2 aliphatic rings. The number of nitrogens with zero attached hydrogens (tertiary/aromatic N) is 3. The summed E-state index contributed by atoms with van der Waals surface area (Å²) in [4.78, 5) is 83.3. The van der Waals surface area contributed by atoms with Crippen LogP contribution in [0.1, 0.15) is 64.5 Å². The van der Waals surface area contributed by atoms with Gasteiger partial charge in [-0.3, -0.25) is 24.4 Å². The third kappa shape index (κ3) is 9.37. The summed E-state index contributed by atoms with van der Waals surface area (Å²) in [6, 6.07) is 7.65. The van der Waals surface area contributed by atoms with Gasteiger partial charge < -0.3 is 43.0 Å². The van der Waals surface area contributed by atoms with Crippen LogP contribution < -0.4 is 33.6 Å². The molecule has 4 amide bonds. The van der Waals surface area contributed by atoms with Gasteiger partial charge in [-0.1, -0.05) is 39.8 Å². The van der Waals surface area contributed by atoms with Crippen molar-refractivity contribution in [2.24, 2.45) is 23.3 Å². The molecule has 2 aliphatic heterocycles. The molecular formula is C41H53N9O8. The van der Waals surface area contributed by atoms with Gasteiger partial charge in [-0.25, -0.2) is 19.2 Å². The number of rotatable bonds is 12. The quantitative estimate of drug-likeness (QED) is 0.0849. The minimum Gasteiger partial charge on any atom is -0.397 e. The number of aromatic nitrogens is 1. The Morgan fingerprint density at radius 1 is 0.690 bits per heavy atom. The summed E-state index contributed by atoms with van der Waals surface area (Å²) in [7, 11) is 0. The second kappa shape index (κ2) is 18.0. The molecule has 0 aliphatic carbocycles. The maximum atomic E-state index is 13.5. The molecule has 58 heavy (non-hydrogen) atoms.